The summed E-state index contributed by atoms with van der Waals surface area (Å²) in [6, 6.07) is 9.61. The van der Waals surface area contributed by atoms with Crippen molar-refractivity contribution in [2.75, 3.05) is 17.7 Å². The maximum absolute atomic E-state index is 13.8. The Hall–Kier alpha value is -3.98. The van der Waals surface area contributed by atoms with E-state index < -0.39 is 5.91 Å². The van der Waals surface area contributed by atoms with Gasteiger partial charge in [0.25, 0.3) is 5.91 Å². The molecule has 2 aromatic heterocycles. The molecule has 4 rings (SSSR count). The van der Waals surface area contributed by atoms with Crippen molar-refractivity contribution in [2.45, 2.75) is 26.8 Å². The summed E-state index contributed by atoms with van der Waals surface area (Å²) >= 11 is 6.34. The third-order valence-corrected chi connectivity index (χ3v) is 5.65. The summed E-state index contributed by atoms with van der Waals surface area (Å²) in [5.74, 6) is -0.0801. The highest BCUT2D eigenvalue weighted by Gasteiger charge is 2.15. The quantitative estimate of drug-likeness (QED) is 0.326. The van der Waals surface area contributed by atoms with Gasteiger partial charge >= 0.3 is 0 Å². The minimum Gasteiger partial charge on any atom is -0.495 e. The van der Waals surface area contributed by atoms with Gasteiger partial charge in [-0.3, -0.25) is 9.48 Å². The minimum atomic E-state index is -0.393. The van der Waals surface area contributed by atoms with Gasteiger partial charge < -0.3 is 15.4 Å². The van der Waals surface area contributed by atoms with E-state index in [0.29, 0.717) is 44.9 Å². The predicted molar refractivity (Wildman–Crippen MR) is 134 cm³/mol. The molecule has 2 N–H and O–H groups in total. The number of anilines is 3. The van der Waals surface area contributed by atoms with E-state index in [1.54, 1.807) is 43.5 Å². The van der Waals surface area contributed by atoms with Gasteiger partial charge in [0.1, 0.15) is 11.6 Å². The Bertz CT molecular complexity index is 1390. The van der Waals surface area contributed by atoms with Crippen LogP contribution < -0.4 is 15.4 Å². The topological polar surface area (TPSA) is 94.0 Å². The average Bonchev–Trinajstić information content (AvgIpc) is 3.34. The molecule has 0 saturated heterocycles. The van der Waals surface area contributed by atoms with Crippen LogP contribution in [0.25, 0.3) is 11.3 Å². The number of nitrogens with zero attached hydrogens (tertiary/aromatic N) is 4. The summed E-state index contributed by atoms with van der Waals surface area (Å²) in [6.07, 6.45) is 5.08. The molecule has 35 heavy (non-hydrogen) atoms. The lowest BCUT2D eigenvalue weighted by molar-refractivity contribution is 0.102. The van der Waals surface area contributed by atoms with Crippen LogP contribution in [0.5, 0.6) is 5.75 Å². The van der Waals surface area contributed by atoms with Gasteiger partial charge in [-0.15, -0.1) is 0 Å². The van der Waals surface area contributed by atoms with Gasteiger partial charge in [-0.25, -0.2) is 14.4 Å². The fourth-order valence-corrected chi connectivity index (χ4v) is 3.57. The Morgan fingerprint density at radius 3 is 2.69 bits per heavy atom. The van der Waals surface area contributed by atoms with Gasteiger partial charge in [-0.1, -0.05) is 17.7 Å². The van der Waals surface area contributed by atoms with E-state index in [1.165, 1.54) is 19.4 Å². The lowest BCUT2D eigenvalue weighted by atomic mass is 10.1. The number of benzene rings is 2. The number of carbonyl (C=O) groups excluding carboxylic acids is 1. The molecule has 0 unspecified atom stereocenters. The lowest BCUT2D eigenvalue weighted by Crippen LogP contribution is -2.13. The predicted octanol–water partition coefficient (Wildman–Crippen LogP) is 6.03. The molecule has 2 aromatic carbocycles. The summed E-state index contributed by atoms with van der Waals surface area (Å²) in [5, 5.41) is 10.6. The summed E-state index contributed by atoms with van der Waals surface area (Å²) in [5.41, 5.74) is 2.96. The number of halogens is 2. The molecule has 0 saturated carbocycles. The lowest BCUT2D eigenvalue weighted by Gasteiger charge is -2.13. The van der Waals surface area contributed by atoms with E-state index in [9.17, 15) is 9.18 Å². The van der Waals surface area contributed by atoms with E-state index in [0.717, 1.165) is 5.56 Å². The molecule has 4 aromatic rings. The van der Waals surface area contributed by atoms with Crippen LogP contribution in [0.15, 0.2) is 55.0 Å². The number of ether oxygens (including phenoxy) is 1. The van der Waals surface area contributed by atoms with Crippen molar-refractivity contribution in [3.05, 3.63) is 77.0 Å². The molecule has 0 aliphatic heterocycles. The normalized spacial score (nSPS) is 10.9. The summed E-state index contributed by atoms with van der Waals surface area (Å²) < 4.78 is 21.1. The Balaban J connectivity index is 1.57. The number of carbonyl (C=O) groups is 1. The molecule has 2 heterocycles. The summed E-state index contributed by atoms with van der Waals surface area (Å²) in [4.78, 5) is 21.5. The third kappa shape index (κ3) is 5.25. The zero-order valence-electron chi connectivity index (χ0n) is 19.6. The standard InChI is InChI=1S/C25H24ClFN6O2/c1-14(2)33-13-17(11-29-33)23-18(26)12-28-25(32-23)31-21-9-8-16(10-22(21)35-4)24(34)30-20-7-5-6-19(27)15(20)3/h5-14H,1-4H3,(H,30,34)(H,28,31,32). The first-order valence-corrected chi connectivity index (χ1v) is 11.2. The highest BCUT2D eigenvalue weighted by atomic mass is 35.5. The fourth-order valence-electron chi connectivity index (χ4n) is 3.37. The molecule has 0 aliphatic rings. The van der Waals surface area contributed by atoms with Crippen LogP contribution in [0.2, 0.25) is 5.02 Å². The van der Waals surface area contributed by atoms with Gasteiger partial charge in [0.2, 0.25) is 5.95 Å². The van der Waals surface area contributed by atoms with Crippen LogP contribution >= 0.6 is 11.6 Å². The number of methoxy groups -OCH3 is 1. The Kier molecular flexibility index (Phi) is 6.97. The van der Waals surface area contributed by atoms with Gasteiger partial charge in [-0.05, 0) is 51.1 Å². The maximum Gasteiger partial charge on any atom is 0.255 e. The molecule has 1 amide bonds. The number of aromatic nitrogens is 4. The van der Waals surface area contributed by atoms with Crippen LogP contribution in [-0.2, 0) is 0 Å². The molecule has 0 fully saturated rings. The molecule has 0 aliphatic carbocycles. The smallest absolute Gasteiger partial charge is 0.255 e. The first-order valence-electron chi connectivity index (χ1n) is 10.9. The highest BCUT2D eigenvalue weighted by molar-refractivity contribution is 6.32. The van der Waals surface area contributed by atoms with E-state index in [-0.39, 0.29) is 11.9 Å². The number of hydrogen-bond acceptors (Lipinski definition) is 6. The third-order valence-electron chi connectivity index (χ3n) is 5.37. The van der Waals surface area contributed by atoms with Crippen molar-refractivity contribution in [3.8, 4) is 17.0 Å². The molecule has 0 spiro atoms. The molecular weight excluding hydrogens is 471 g/mol. The number of nitrogens with one attached hydrogen (secondary N) is 2. The second-order valence-corrected chi connectivity index (χ2v) is 8.51. The van der Waals surface area contributed by atoms with Crippen LogP contribution in [0, 0.1) is 12.7 Å². The van der Waals surface area contributed by atoms with E-state index in [4.69, 9.17) is 16.3 Å². The maximum atomic E-state index is 13.8. The zero-order valence-corrected chi connectivity index (χ0v) is 20.4. The zero-order chi connectivity index (χ0) is 25.1. The first-order chi connectivity index (χ1) is 16.8. The second kappa shape index (κ2) is 10.1. The number of amides is 1. The Morgan fingerprint density at radius 1 is 1.17 bits per heavy atom. The van der Waals surface area contributed by atoms with E-state index >= 15 is 0 Å². The van der Waals surface area contributed by atoms with Crippen molar-refractivity contribution in [1.29, 1.82) is 0 Å². The van der Waals surface area contributed by atoms with Crippen molar-refractivity contribution in [1.82, 2.24) is 19.7 Å². The summed E-state index contributed by atoms with van der Waals surface area (Å²) in [7, 11) is 1.49. The highest BCUT2D eigenvalue weighted by Crippen LogP contribution is 2.31. The van der Waals surface area contributed by atoms with Crippen molar-refractivity contribution < 1.29 is 13.9 Å². The minimum absolute atomic E-state index is 0.201. The SMILES string of the molecule is COc1cc(C(=O)Nc2cccc(F)c2C)ccc1Nc1ncc(Cl)c(-c2cnn(C(C)C)c2)n1. The molecule has 180 valence electrons. The van der Waals surface area contributed by atoms with Crippen LogP contribution in [0.3, 0.4) is 0 Å². The van der Waals surface area contributed by atoms with Gasteiger partial charge in [0.05, 0.1) is 35.9 Å². The van der Waals surface area contributed by atoms with Gasteiger partial charge in [0.15, 0.2) is 0 Å². The molecular formula is C25H24ClFN6O2. The van der Waals surface area contributed by atoms with Gasteiger partial charge in [0, 0.05) is 34.6 Å². The fraction of sp³-hybridized carbons (Fsp3) is 0.200. The van der Waals surface area contributed by atoms with Crippen molar-refractivity contribution in [3.63, 3.8) is 0 Å². The largest absolute Gasteiger partial charge is 0.495 e. The van der Waals surface area contributed by atoms with Crippen molar-refractivity contribution in [2.24, 2.45) is 0 Å². The average molecular weight is 495 g/mol. The molecule has 0 bridgehead atoms. The first kappa shape index (κ1) is 24.2. The Labute approximate surface area is 207 Å². The van der Waals surface area contributed by atoms with E-state index in [1.807, 2.05) is 24.7 Å². The molecule has 0 radical (unpaired) electrons. The summed E-state index contributed by atoms with van der Waals surface area (Å²) in [6.45, 7) is 5.66. The Morgan fingerprint density at radius 2 is 1.97 bits per heavy atom. The second-order valence-electron chi connectivity index (χ2n) is 8.10. The van der Waals surface area contributed by atoms with Crippen molar-refractivity contribution >= 4 is 34.8 Å². The number of rotatable bonds is 7. The van der Waals surface area contributed by atoms with Gasteiger partial charge in [-0.2, -0.15) is 5.10 Å². The monoisotopic (exact) mass is 494 g/mol. The molecule has 0 atom stereocenters. The number of hydrogen-bond donors (Lipinski definition) is 2. The van der Waals surface area contributed by atoms with Crippen LogP contribution in [0.4, 0.5) is 21.7 Å². The van der Waals surface area contributed by atoms with Crippen LogP contribution in [0.1, 0.15) is 35.8 Å². The van der Waals surface area contributed by atoms with Crippen LogP contribution in [-0.4, -0.2) is 32.8 Å². The molecule has 10 heteroatoms. The van der Waals surface area contributed by atoms with E-state index in [2.05, 4.69) is 25.7 Å². The molecule has 8 nitrogen and oxygen atoms in total.